The van der Waals surface area contributed by atoms with Gasteiger partial charge in [-0.05, 0) is 39.3 Å². The molecule has 0 fully saturated rings. The second-order valence-corrected chi connectivity index (χ2v) is 13.7. The average Bonchev–Trinajstić information content (AvgIpc) is 1.53. The molecule has 0 heterocycles. The normalized spacial score (nSPS) is 10.3. The van der Waals surface area contributed by atoms with Gasteiger partial charge in [-0.2, -0.15) is 0 Å². The van der Waals surface area contributed by atoms with Crippen LogP contribution in [0.3, 0.4) is 0 Å². The van der Waals surface area contributed by atoms with Crippen molar-refractivity contribution in [3.8, 4) is 0 Å². The molecule has 0 saturated heterocycles. The van der Waals surface area contributed by atoms with Gasteiger partial charge in [0.2, 0.25) is 0 Å². The molecule has 0 atom stereocenters. The van der Waals surface area contributed by atoms with E-state index in [9.17, 15) is 0 Å². The third kappa shape index (κ3) is 32.9. The van der Waals surface area contributed by atoms with Crippen molar-refractivity contribution in [2.45, 2.75) is 39.3 Å². The first-order valence-corrected chi connectivity index (χ1v) is 10.6. The minimum atomic E-state index is -1.23. The van der Waals surface area contributed by atoms with Crippen molar-refractivity contribution in [2.24, 2.45) is 0 Å². The summed E-state index contributed by atoms with van der Waals surface area (Å²) >= 11 is 0. The van der Waals surface area contributed by atoms with Crippen LogP contribution in [0.15, 0.2) is 0 Å². The Balaban J connectivity index is -0.000000220. The Kier molecular flexibility index (Phi) is 11.2. The summed E-state index contributed by atoms with van der Waals surface area (Å²) in [6.07, 6.45) is 0. The molecule has 4 nitrogen and oxygen atoms in total. The summed E-state index contributed by atoms with van der Waals surface area (Å²) in [4.78, 5) is 1.50. The Morgan fingerprint density at radius 2 is 1.00 bits per heavy atom. The van der Waals surface area contributed by atoms with Gasteiger partial charge in [-0.3, -0.25) is 4.91 Å². The van der Waals surface area contributed by atoms with Crippen molar-refractivity contribution < 1.29 is 23.0 Å². The largest absolute Gasteiger partial charge is 1.00 e. The number of rotatable bonds is 2. The van der Waals surface area contributed by atoms with Crippen LogP contribution in [0.25, 0.3) is 16.0 Å². The van der Waals surface area contributed by atoms with Gasteiger partial charge in [0.05, 0.1) is 0 Å². The van der Waals surface area contributed by atoms with E-state index in [1.807, 2.05) is 0 Å². The summed E-state index contributed by atoms with van der Waals surface area (Å²) in [5.41, 5.74) is 13.5. The van der Waals surface area contributed by atoms with Crippen LogP contribution in [-0.2, 0) is 4.12 Å². The fourth-order valence-corrected chi connectivity index (χ4v) is 8.27. The van der Waals surface area contributed by atoms with E-state index in [0.717, 1.165) is 0 Å². The van der Waals surface area contributed by atoms with Crippen LogP contribution in [0, 0.1) is 0 Å². The molecule has 0 aromatic rings. The second kappa shape index (κ2) is 7.68. The second-order valence-electron chi connectivity index (χ2n) is 4.42. The molecular formula is C6H18LiN3OSi2. The molecule has 0 aromatic carbocycles. The standard InChI is InChI=1S/C6H18OSi2.Li.N3/c1-8(2,3)7-9(4,5)6;;1-3-2/h1-6H3;;/q;+1;-1. The van der Waals surface area contributed by atoms with Gasteiger partial charge in [-0.25, -0.2) is 0 Å². The summed E-state index contributed by atoms with van der Waals surface area (Å²) < 4.78 is 5.90. The monoisotopic (exact) mass is 211 g/mol. The minimum absolute atomic E-state index is 0. The first-order valence-electron chi connectivity index (χ1n) is 3.81. The van der Waals surface area contributed by atoms with E-state index in [0.29, 0.717) is 0 Å². The molecular weight excluding hydrogens is 193 g/mol. The Labute approximate surface area is 94.9 Å². The maximum Gasteiger partial charge on any atom is 1.00 e. The van der Waals surface area contributed by atoms with Crippen LogP contribution < -0.4 is 18.9 Å². The van der Waals surface area contributed by atoms with Gasteiger partial charge < -0.3 is 15.2 Å². The van der Waals surface area contributed by atoms with Crippen LogP contribution in [0.4, 0.5) is 0 Å². The molecule has 72 valence electrons. The molecule has 0 aliphatic carbocycles. The van der Waals surface area contributed by atoms with E-state index in [-0.39, 0.29) is 18.9 Å². The van der Waals surface area contributed by atoms with Gasteiger partial charge in [-0.1, -0.05) is 0 Å². The molecule has 0 unspecified atom stereocenters. The van der Waals surface area contributed by atoms with E-state index in [1.54, 1.807) is 0 Å². The maximum atomic E-state index is 6.75. The molecule has 13 heavy (non-hydrogen) atoms. The SMILES string of the molecule is C[Si](C)(C)O[Si](C)(C)C.[Li+].[N-]=[N+]=[N-]. The van der Waals surface area contributed by atoms with Crippen molar-refractivity contribution in [2.75, 3.05) is 0 Å². The van der Waals surface area contributed by atoms with Crippen LogP contribution in [0.5, 0.6) is 0 Å². The Bertz CT molecular complexity index is 146. The summed E-state index contributed by atoms with van der Waals surface area (Å²) in [6.45, 7) is 13.4. The van der Waals surface area contributed by atoms with E-state index < -0.39 is 16.6 Å². The van der Waals surface area contributed by atoms with Crippen LogP contribution in [-0.4, -0.2) is 16.6 Å². The number of nitrogens with zero attached hydrogens (tertiary/aromatic N) is 3. The summed E-state index contributed by atoms with van der Waals surface area (Å²) in [6, 6.07) is 0. The predicted molar refractivity (Wildman–Crippen MR) is 57.9 cm³/mol. The van der Waals surface area contributed by atoms with Crippen LogP contribution in [0.1, 0.15) is 0 Å². The van der Waals surface area contributed by atoms with Crippen molar-refractivity contribution in [1.29, 1.82) is 0 Å². The predicted octanol–water partition coefficient (Wildman–Crippen LogP) is 0.543. The quantitative estimate of drug-likeness (QED) is 0.284. The van der Waals surface area contributed by atoms with Crippen molar-refractivity contribution >= 4 is 16.6 Å². The van der Waals surface area contributed by atoms with Crippen LogP contribution >= 0.6 is 0 Å². The molecule has 0 aliphatic rings. The molecule has 7 heteroatoms. The number of hydrogen-bond acceptors (Lipinski definition) is 1. The maximum absolute atomic E-state index is 6.75. The van der Waals surface area contributed by atoms with E-state index >= 15 is 0 Å². The van der Waals surface area contributed by atoms with Gasteiger partial charge in [0, 0.05) is 0 Å². The van der Waals surface area contributed by atoms with Crippen molar-refractivity contribution in [3.63, 3.8) is 0 Å². The first kappa shape index (κ1) is 19.0. The van der Waals surface area contributed by atoms with Gasteiger partial charge >= 0.3 is 18.9 Å². The molecule has 0 N–H and O–H groups in total. The molecule has 0 bridgehead atoms. The Morgan fingerprint density at radius 3 is 1.00 bits per heavy atom. The van der Waals surface area contributed by atoms with E-state index in [2.05, 4.69) is 39.3 Å². The third-order valence-electron chi connectivity index (χ3n) is 0.612. The summed E-state index contributed by atoms with van der Waals surface area (Å²) in [5, 5.41) is 0. The zero-order valence-corrected chi connectivity index (χ0v) is 11.7. The van der Waals surface area contributed by atoms with Gasteiger partial charge in [0.1, 0.15) is 0 Å². The van der Waals surface area contributed by atoms with Crippen LogP contribution in [0.2, 0.25) is 39.3 Å². The number of hydrogen-bond donors (Lipinski definition) is 0. The van der Waals surface area contributed by atoms with Crippen molar-refractivity contribution in [3.05, 3.63) is 16.0 Å². The molecule has 0 radical (unpaired) electrons. The van der Waals surface area contributed by atoms with Gasteiger partial charge in [-0.15, -0.1) is 0 Å². The summed E-state index contributed by atoms with van der Waals surface area (Å²) in [7, 11) is -2.46. The first-order chi connectivity index (χ1) is 5.12. The van der Waals surface area contributed by atoms with Gasteiger partial charge in [0.15, 0.2) is 16.6 Å². The fourth-order valence-electron chi connectivity index (χ4n) is 0.919. The minimum Gasteiger partial charge on any atom is -0.456 e. The zero-order chi connectivity index (χ0) is 10.4. The molecule has 0 spiro atoms. The molecule has 0 aliphatic heterocycles. The topological polar surface area (TPSA) is 67.9 Å². The van der Waals surface area contributed by atoms with Crippen molar-refractivity contribution in [1.82, 2.24) is 0 Å². The Hall–Kier alpha value is 0.301. The fraction of sp³-hybridized carbons (Fsp3) is 1.00. The molecule has 0 saturated carbocycles. The van der Waals surface area contributed by atoms with E-state index in [4.69, 9.17) is 15.2 Å². The smallest absolute Gasteiger partial charge is 0.456 e. The average molecular weight is 211 g/mol. The summed E-state index contributed by atoms with van der Waals surface area (Å²) in [5.74, 6) is 0. The zero-order valence-electron chi connectivity index (χ0n) is 9.75. The molecule has 0 aromatic heterocycles. The molecule has 0 amide bonds. The Morgan fingerprint density at radius 1 is 0.846 bits per heavy atom. The van der Waals surface area contributed by atoms with Gasteiger partial charge in [0.25, 0.3) is 0 Å². The third-order valence-corrected chi connectivity index (χ3v) is 5.51. The molecule has 0 rings (SSSR count). The van der Waals surface area contributed by atoms with E-state index in [1.165, 1.54) is 4.91 Å².